The Hall–Kier alpha value is -1.76. The van der Waals surface area contributed by atoms with Crippen LogP contribution in [-0.4, -0.2) is 23.5 Å². The minimum atomic E-state index is -4.53. The Kier molecular flexibility index (Phi) is 3.88. The van der Waals surface area contributed by atoms with Gasteiger partial charge in [-0.05, 0) is 36.6 Å². The second kappa shape index (κ2) is 5.22. The van der Waals surface area contributed by atoms with Crippen molar-refractivity contribution in [1.82, 2.24) is 5.32 Å². The lowest BCUT2D eigenvalue weighted by atomic mass is 9.93. The summed E-state index contributed by atoms with van der Waals surface area (Å²) < 4.78 is 38.2. The Morgan fingerprint density at radius 2 is 1.95 bits per heavy atom. The van der Waals surface area contributed by atoms with Gasteiger partial charge in [-0.25, -0.2) is 0 Å². The summed E-state index contributed by atoms with van der Waals surface area (Å²) in [6.07, 6.45) is -3.87. The summed E-state index contributed by atoms with van der Waals surface area (Å²) in [6.45, 7) is -0.586. The second-order valence-corrected chi connectivity index (χ2v) is 5.26. The fraction of sp³-hybridized carbons (Fsp3) is 0.385. The van der Waals surface area contributed by atoms with Crippen LogP contribution in [0.1, 0.15) is 24.0 Å². The highest BCUT2D eigenvalue weighted by Gasteiger charge is 2.53. The lowest BCUT2D eigenvalue weighted by molar-refractivity contribution is -0.138. The van der Waals surface area contributed by atoms with Gasteiger partial charge in [0.05, 0.1) is 11.0 Å². The van der Waals surface area contributed by atoms with E-state index in [4.69, 9.17) is 16.7 Å². The van der Waals surface area contributed by atoms with Gasteiger partial charge < -0.3 is 10.4 Å². The molecule has 0 bridgehead atoms. The van der Waals surface area contributed by atoms with Gasteiger partial charge in [0.25, 0.3) is 0 Å². The van der Waals surface area contributed by atoms with E-state index in [0.717, 1.165) is 18.2 Å². The molecule has 0 aromatic heterocycles. The molecular formula is C13H11ClF3NO3. The molecule has 8 heteroatoms. The molecular weight excluding hydrogens is 311 g/mol. The molecule has 1 saturated carbocycles. The summed E-state index contributed by atoms with van der Waals surface area (Å²) in [5.74, 6) is -1.85. The van der Waals surface area contributed by atoms with Crippen LogP contribution >= 0.6 is 11.6 Å². The number of carbonyl (C=O) groups excluding carboxylic acids is 1. The van der Waals surface area contributed by atoms with Crippen LogP contribution in [-0.2, 0) is 21.2 Å². The van der Waals surface area contributed by atoms with E-state index in [9.17, 15) is 22.8 Å². The number of hydrogen-bond donors (Lipinski definition) is 2. The summed E-state index contributed by atoms with van der Waals surface area (Å²) in [5.41, 5.74) is -1.96. The first-order valence-corrected chi connectivity index (χ1v) is 6.42. The first-order chi connectivity index (χ1) is 9.67. The molecule has 21 heavy (non-hydrogen) atoms. The maximum Gasteiger partial charge on any atom is 0.416 e. The molecule has 0 radical (unpaired) electrons. The number of aliphatic carboxylic acids is 1. The molecule has 0 atom stereocenters. The molecule has 1 aromatic rings. The molecule has 1 aliphatic carbocycles. The van der Waals surface area contributed by atoms with Gasteiger partial charge in [-0.1, -0.05) is 11.6 Å². The Labute approximate surface area is 122 Å². The predicted molar refractivity (Wildman–Crippen MR) is 68.0 cm³/mol. The fourth-order valence-electron chi connectivity index (χ4n) is 2.14. The van der Waals surface area contributed by atoms with Crippen molar-refractivity contribution in [3.8, 4) is 0 Å². The van der Waals surface area contributed by atoms with E-state index < -0.39 is 35.6 Å². The van der Waals surface area contributed by atoms with Gasteiger partial charge in [0.1, 0.15) is 6.54 Å². The van der Waals surface area contributed by atoms with Crippen molar-refractivity contribution in [3.63, 3.8) is 0 Å². The topological polar surface area (TPSA) is 66.4 Å². The third-order valence-corrected chi connectivity index (χ3v) is 3.72. The Balaban J connectivity index is 2.32. The van der Waals surface area contributed by atoms with E-state index >= 15 is 0 Å². The fourth-order valence-corrected chi connectivity index (χ4v) is 2.44. The van der Waals surface area contributed by atoms with Crippen molar-refractivity contribution in [3.05, 3.63) is 34.3 Å². The van der Waals surface area contributed by atoms with Crippen molar-refractivity contribution in [2.75, 3.05) is 6.54 Å². The lowest BCUT2D eigenvalue weighted by Crippen LogP contribution is -2.38. The molecule has 1 fully saturated rings. The Bertz CT molecular complexity index is 597. The summed E-state index contributed by atoms with van der Waals surface area (Å²) in [5, 5.41) is 10.8. The molecule has 0 saturated heterocycles. The van der Waals surface area contributed by atoms with Crippen molar-refractivity contribution in [1.29, 1.82) is 0 Å². The Morgan fingerprint density at radius 1 is 1.33 bits per heavy atom. The zero-order valence-electron chi connectivity index (χ0n) is 10.6. The normalized spacial score (nSPS) is 16.4. The van der Waals surface area contributed by atoms with Gasteiger partial charge >= 0.3 is 12.1 Å². The number of alkyl halides is 3. The summed E-state index contributed by atoms with van der Waals surface area (Å²) >= 11 is 5.91. The van der Waals surface area contributed by atoms with E-state index in [-0.39, 0.29) is 10.6 Å². The maximum atomic E-state index is 12.7. The average Bonchev–Trinajstić information content (AvgIpc) is 3.16. The molecule has 1 amide bonds. The quantitative estimate of drug-likeness (QED) is 0.896. The molecule has 0 spiro atoms. The van der Waals surface area contributed by atoms with E-state index in [1.165, 1.54) is 0 Å². The van der Waals surface area contributed by atoms with Gasteiger partial charge in [0.15, 0.2) is 0 Å². The lowest BCUT2D eigenvalue weighted by Gasteiger charge is -2.18. The minimum Gasteiger partial charge on any atom is -0.480 e. The number of hydrogen-bond acceptors (Lipinski definition) is 2. The number of nitrogens with one attached hydrogen (secondary N) is 1. The Morgan fingerprint density at radius 3 is 2.43 bits per heavy atom. The minimum absolute atomic E-state index is 0.0611. The van der Waals surface area contributed by atoms with E-state index in [0.29, 0.717) is 12.8 Å². The number of rotatable bonds is 4. The van der Waals surface area contributed by atoms with Crippen LogP contribution in [0.25, 0.3) is 0 Å². The summed E-state index contributed by atoms with van der Waals surface area (Å²) in [6, 6.07) is 2.80. The standard InChI is InChI=1S/C13H11ClF3NO3/c14-9-2-1-7(13(15,16)17)5-8(9)12(3-4-12)11(21)18-6-10(19)20/h1-2,5H,3-4,6H2,(H,18,21)(H,19,20). The van der Waals surface area contributed by atoms with Crippen LogP contribution < -0.4 is 5.32 Å². The van der Waals surface area contributed by atoms with Crippen LogP contribution in [0.5, 0.6) is 0 Å². The van der Waals surface area contributed by atoms with Crippen LogP contribution in [0.2, 0.25) is 5.02 Å². The predicted octanol–water partition coefficient (Wildman–Crippen LogP) is 2.59. The van der Waals surface area contributed by atoms with Gasteiger partial charge in [0, 0.05) is 5.02 Å². The summed E-state index contributed by atoms with van der Waals surface area (Å²) in [4.78, 5) is 22.5. The van der Waals surface area contributed by atoms with Crippen LogP contribution in [0, 0.1) is 0 Å². The zero-order chi connectivity index (χ0) is 15.8. The smallest absolute Gasteiger partial charge is 0.416 e. The second-order valence-electron chi connectivity index (χ2n) is 4.85. The highest BCUT2D eigenvalue weighted by molar-refractivity contribution is 6.32. The average molecular weight is 322 g/mol. The molecule has 0 unspecified atom stereocenters. The van der Waals surface area contributed by atoms with Gasteiger partial charge in [0.2, 0.25) is 5.91 Å². The highest BCUT2D eigenvalue weighted by atomic mass is 35.5. The maximum absolute atomic E-state index is 12.7. The third-order valence-electron chi connectivity index (χ3n) is 3.39. The number of carbonyl (C=O) groups is 2. The van der Waals surface area contributed by atoms with Crippen LogP contribution in [0.4, 0.5) is 13.2 Å². The molecule has 4 nitrogen and oxygen atoms in total. The molecule has 0 heterocycles. The van der Waals surface area contributed by atoms with Crippen molar-refractivity contribution >= 4 is 23.5 Å². The van der Waals surface area contributed by atoms with E-state index in [1.807, 2.05) is 0 Å². The molecule has 2 rings (SSSR count). The number of amides is 1. The molecule has 114 valence electrons. The SMILES string of the molecule is O=C(O)CNC(=O)C1(c2cc(C(F)(F)F)ccc2Cl)CC1. The first-order valence-electron chi connectivity index (χ1n) is 6.04. The number of carboxylic acids is 1. The molecule has 1 aromatic carbocycles. The zero-order valence-corrected chi connectivity index (χ0v) is 11.4. The number of halogens is 4. The van der Waals surface area contributed by atoms with Gasteiger partial charge in [-0.3, -0.25) is 9.59 Å². The van der Waals surface area contributed by atoms with E-state index in [1.54, 1.807) is 0 Å². The first kappa shape index (κ1) is 15.6. The number of benzene rings is 1. The largest absolute Gasteiger partial charge is 0.480 e. The summed E-state index contributed by atoms with van der Waals surface area (Å²) in [7, 11) is 0. The molecule has 0 aliphatic heterocycles. The van der Waals surface area contributed by atoms with Crippen molar-refractivity contribution in [2.45, 2.75) is 24.4 Å². The number of carboxylic acid groups (broad SMARTS) is 1. The highest BCUT2D eigenvalue weighted by Crippen LogP contribution is 2.51. The van der Waals surface area contributed by atoms with Gasteiger partial charge in [-0.15, -0.1) is 0 Å². The van der Waals surface area contributed by atoms with Gasteiger partial charge in [-0.2, -0.15) is 13.2 Å². The monoisotopic (exact) mass is 321 g/mol. The van der Waals surface area contributed by atoms with Crippen LogP contribution in [0.3, 0.4) is 0 Å². The molecule has 2 N–H and O–H groups in total. The van der Waals surface area contributed by atoms with Crippen LogP contribution in [0.15, 0.2) is 18.2 Å². The third kappa shape index (κ3) is 3.12. The van der Waals surface area contributed by atoms with Crippen molar-refractivity contribution < 1.29 is 27.9 Å². The molecule has 1 aliphatic rings. The van der Waals surface area contributed by atoms with E-state index in [2.05, 4.69) is 5.32 Å². The van der Waals surface area contributed by atoms with Crippen molar-refractivity contribution in [2.24, 2.45) is 0 Å².